The molecule has 1 aliphatic heterocycles. The Bertz CT molecular complexity index is 675. The number of ketones is 1. The highest BCUT2D eigenvalue weighted by molar-refractivity contribution is 7.96. The Hall–Kier alpha value is -2.42. The van der Waals surface area contributed by atoms with Gasteiger partial charge in [-0.15, -0.1) is 12.6 Å². The number of hydrogen-bond acceptors (Lipinski definition) is 6. The summed E-state index contributed by atoms with van der Waals surface area (Å²) in [5, 5.41) is 10.1. The maximum atomic E-state index is 12.2. The van der Waals surface area contributed by atoms with E-state index in [0.29, 0.717) is 5.56 Å². The number of nitro groups is 1. The Labute approximate surface area is 143 Å². The molecule has 8 nitrogen and oxygen atoms in total. The van der Waals surface area contributed by atoms with E-state index >= 15 is 0 Å². The molecule has 2 atom stereocenters. The first kappa shape index (κ1) is 17.9. The van der Waals surface area contributed by atoms with Crippen molar-refractivity contribution in [2.24, 2.45) is 5.92 Å². The van der Waals surface area contributed by atoms with E-state index in [2.05, 4.69) is 12.6 Å². The van der Waals surface area contributed by atoms with E-state index in [0.717, 1.165) is 0 Å². The Balaban J connectivity index is 1.99. The van der Waals surface area contributed by atoms with Gasteiger partial charge >= 0.3 is 6.09 Å². The second-order valence-corrected chi connectivity index (χ2v) is 5.97. The largest absolute Gasteiger partial charge is 0.445 e. The van der Waals surface area contributed by atoms with E-state index in [-0.39, 0.29) is 31.0 Å². The fourth-order valence-electron chi connectivity index (χ4n) is 2.51. The van der Waals surface area contributed by atoms with Gasteiger partial charge in [-0.3, -0.25) is 24.6 Å². The molecule has 1 fully saturated rings. The highest BCUT2D eigenvalue weighted by Crippen LogP contribution is 2.26. The van der Waals surface area contributed by atoms with E-state index in [9.17, 15) is 24.5 Å². The molecule has 24 heavy (non-hydrogen) atoms. The van der Waals surface area contributed by atoms with Crippen molar-refractivity contribution in [1.29, 1.82) is 0 Å². The highest BCUT2D eigenvalue weighted by atomic mass is 32.1. The van der Waals surface area contributed by atoms with E-state index in [4.69, 9.17) is 4.74 Å². The summed E-state index contributed by atoms with van der Waals surface area (Å²) >= 11 is 3.76. The third kappa shape index (κ3) is 4.10. The molecule has 1 aromatic carbocycles. The minimum Gasteiger partial charge on any atom is -0.445 e. The molecule has 1 heterocycles. The molecule has 0 N–H and O–H groups in total. The number of thiol groups is 1. The van der Waals surface area contributed by atoms with Gasteiger partial charge in [-0.05, 0) is 31.0 Å². The van der Waals surface area contributed by atoms with Crippen LogP contribution in [0.2, 0.25) is 0 Å². The normalized spacial score (nSPS) is 19.8. The predicted octanol–water partition coefficient (Wildman–Crippen LogP) is 1.97. The maximum absolute atomic E-state index is 12.2. The van der Waals surface area contributed by atoms with Crippen LogP contribution in [0.25, 0.3) is 0 Å². The van der Waals surface area contributed by atoms with Gasteiger partial charge in [0.15, 0.2) is 0 Å². The van der Waals surface area contributed by atoms with Crippen LogP contribution in [0.5, 0.6) is 0 Å². The molecule has 0 aliphatic carbocycles. The van der Waals surface area contributed by atoms with Crippen molar-refractivity contribution in [3.8, 4) is 0 Å². The number of benzene rings is 1. The lowest BCUT2D eigenvalue weighted by atomic mass is 10.0. The molecule has 0 spiro atoms. The number of nitrogens with zero attached hydrogens (tertiary/aromatic N) is 2. The summed E-state index contributed by atoms with van der Waals surface area (Å²) in [6.07, 6.45) is -0.478. The van der Waals surface area contributed by atoms with Gasteiger partial charge in [-0.1, -0.05) is 0 Å². The molecular formula is C15H16N2O6S. The molecule has 128 valence electrons. The Morgan fingerprint density at radius 3 is 2.46 bits per heavy atom. The second-order valence-electron chi connectivity index (χ2n) is 5.53. The van der Waals surface area contributed by atoms with Gasteiger partial charge in [0.25, 0.3) is 5.69 Å². The number of carbonyl (C=O) groups is 3. The standard InChI is InChI=1S/C15H16N2O6S/c1-9(18)11-6-13(14(19)24)16(7-11)15(20)23-8-10-2-4-12(5-3-10)17(21)22/h2-5,11,13H,6-8H2,1H3,(H,19,24)/t11-,13-/m0/s1. The average Bonchev–Trinajstić information content (AvgIpc) is 2.99. The van der Waals surface area contributed by atoms with E-state index in [1.54, 1.807) is 0 Å². The highest BCUT2D eigenvalue weighted by Gasteiger charge is 2.40. The predicted molar refractivity (Wildman–Crippen MR) is 86.6 cm³/mol. The van der Waals surface area contributed by atoms with Crippen LogP contribution in [0.4, 0.5) is 10.5 Å². The summed E-state index contributed by atoms with van der Waals surface area (Å²) in [5.74, 6) is -0.502. The van der Waals surface area contributed by atoms with Gasteiger partial charge in [-0.25, -0.2) is 4.79 Å². The number of ether oxygens (including phenoxy) is 1. The first-order valence-electron chi connectivity index (χ1n) is 7.19. The third-order valence-electron chi connectivity index (χ3n) is 3.91. The zero-order valence-corrected chi connectivity index (χ0v) is 13.8. The topological polar surface area (TPSA) is 107 Å². The van der Waals surface area contributed by atoms with Gasteiger partial charge in [0, 0.05) is 24.6 Å². The smallest absolute Gasteiger partial charge is 0.410 e. The number of rotatable bonds is 5. The van der Waals surface area contributed by atoms with Gasteiger partial charge in [0.05, 0.1) is 4.92 Å². The van der Waals surface area contributed by atoms with Crippen molar-refractivity contribution in [3.05, 3.63) is 39.9 Å². The summed E-state index contributed by atoms with van der Waals surface area (Å²) in [4.78, 5) is 46.5. The number of non-ortho nitro benzene ring substituents is 1. The quantitative estimate of drug-likeness (QED) is 0.493. The zero-order valence-electron chi connectivity index (χ0n) is 12.9. The molecule has 0 aromatic heterocycles. The molecule has 0 unspecified atom stereocenters. The van der Waals surface area contributed by atoms with Crippen LogP contribution >= 0.6 is 12.6 Å². The van der Waals surface area contributed by atoms with Crippen molar-refractivity contribution in [2.45, 2.75) is 26.0 Å². The SMILES string of the molecule is CC(=O)[C@H]1C[C@@H](C(=O)S)N(C(=O)OCc2ccc([N+](=O)[O-])cc2)C1. The average molecular weight is 352 g/mol. The third-order valence-corrected chi connectivity index (χ3v) is 4.20. The lowest BCUT2D eigenvalue weighted by Gasteiger charge is -2.21. The van der Waals surface area contributed by atoms with Gasteiger partial charge < -0.3 is 4.74 Å². The molecule has 1 amide bonds. The summed E-state index contributed by atoms with van der Waals surface area (Å²) in [5.41, 5.74) is 0.514. The number of hydrogen-bond donors (Lipinski definition) is 1. The fraction of sp³-hybridized carbons (Fsp3) is 0.400. The van der Waals surface area contributed by atoms with Crippen molar-refractivity contribution < 1.29 is 24.0 Å². The van der Waals surface area contributed by atoms with Crippen molar-refractivity contribution in [3.63, 3.8) is 0 Å². The number of carbonyl (C=O) groups excluding carboxylic acids is 3. The maximum Gasteiger partial charge on any atom is 0.410 e. The number of amides is 1. The minimum absolute atomic E-state index is 0.0605. The van der Waals surface area contributed by atoms with E-state index in [1.807, 2.05) is 0 Å². The Kier molecular flexibility index (Phi) is 5.55. The van der Waals surface area contributed by atoms with Crippen LogP contribution in [0, 0.1) is 16.0 Å². The zero-order chi connectivity index (χ0) is 17.9. The van der Waals surface area contributed by atoms with Crippen LogP contribution in [-0.4, -0.2) is 39.4 Å². The van der Waals surface area contributed by atoms with Crippen molar-refractivity contribution in [1.82, 2.24) is 4.90 Å². The number of likely N-dealkylation sites (tertiary alicyclic amines) is 1. The first-order chi connectivity index (χ1) is 11.3. The summed E-state index contributed by atoms with van der Waals surface area (Å²) in [7, 11) is 0. The first-order valence-corrected chi connectivity index (χ1v) is 7.64. The summed E-state index contributed by atoms with van der Waals surface area (Å²) in [6, 6.07) is 4.80. The Morgan fingerprint density at radius 2 is 1.96 bits per heavy atom. The van der Waals surface area contributed by atoms with Crippen molar-refractivity contribution >= 4 is 35.3 Å². The number of nitro benzene ring substituents is 1. The molecule has 9 heteroatoms. The molecular weight excluding hydrogens is 336 g/mol. The molecule has 0 radical (unpaired) electrons. The van der Waals surface area contributed by atoms with Gasteiger partial charge in [0.2, 0.25) is 5.12 Å². The molecule has 1 saturated heterocycles. The monoisotopic (exact) mass is 352 g/mol. The molecule has 0 bridgehead atoms. The van der Waals surface area contributed by atoms with Crippen LogP contribution in [0.1, 0.15) is 18.9 Å². The summed E-state index contributed by atoms with van der Waals surface area (Å²) in [6.45, 7) is 1.44. The van der Waals surface area contributed by atoms with E-state index in [1.165, 1.54) is 36.1 Å². The van der Waals surface area contributed by atoms with Crippen molar-refractivity contribution in [2.75, 3.05) is 6.54 Å². The lowest BCUT2D eigenvalue weighted by molar-refractivity contribution is -0.384. The van der Waals surface area contributed by atoms with E-state index < -0.39 is 28.1 Å². The molecule has 2 rings (SSSR count). The lowest BCUT2D eigenvalue weighted by Crippen LogP contribution is -2.39. The van der Waals surface area contributed by atoms with Crippen LogP contribution in [0.15, 0.2) is 24.3 Å². The molecule has 1 aromatic rings. The fourth-order valence-corrected chi connectivity index (χ4v) is 2.75. The molecule has 0 saturated carbocycles. The second kappa shape index (κ2) is 7.43. The van der Waals surface area contributed by atoms with Crippen LogP contribution in [-0.2, 0) is 20.9 Å². The minimum atomic E-state index is -0.786. The van der Waals surface area contributed by atoms with Crippen LogP contribution < -0.4 is 0 Å². The molecule has 1 aliphatic rings. The Morgan fingerprint density at radius 1 is 1.33 bits per heavy atom. The van der Waals surface area contributed by atoms with Gasteiger partial charge in [0.1, 0.15) is 18.4 Å². The number of Topliss-reactive ketones (excluding diaryl/α,β-unsaturated/α-hetero) is 1. The van der Waals surface area contributed by atoms with Crippen LogP contribution in [0.3, 0.4) is 0 Å². The summed E-state index contributed by atoms with van der Waals surface area (Å²) < 4.78 is 5.14. The van der Waals surface area contributed by atoms with Gasteiger partial charge in [-0.2, -0.15) is 0 Å².